The lowest BCUT2D eigenvalue weighted by Crippen LogP contribution is -2.24. The second-order valence-corrected chi connectivity index (χ2v) is 4.44. The van der Waals surface area contributed by atoms with Gasteiger partial charge in [0.1, 0.15) is 5.82 Å². The molecule has 0 unspecified atom stereocenters. The maximum absolute atomic E-state index is 13.1. The molecule has 1 aromatic rings. The number of benzene rings is 1. The van der Waals surface area contributed by atoms with Gasteiger partial charge in [0.25, 0.3) is 0 Å². The van der Waals surface area contributed by atoms with Crippen LogP contribution in [0.3, 0.4) is 0 Å². The van der Waals surface area contributed by atoms with Crippen LogP contribution < -0.4 is 0 Å². The first-order valence-electron chi connectivity index (χ1n) is 5.88. The molecule has 0 amide bonds. The van der Waals surface area contributed by atoms with Gasteiger partial charge in [-0.05, 0) is 31.0 Å². The Hall–Kier alpha value is -1.43. The van der Waals surface area contributed by atoms with Gasteiger partial charge in [0.05, 0.1) is 5.56 Å². The highest BCUT2D eigenvalue weighted by molar-refractivity contribution is 5.98. The number of alkyl halides is 3. The predicted molar refractivity (Wildman–Crippen MR) is 59.3 cm³/mol. The molecule has 1 aromatic carbocycles. The first kappa shape index (κ1) is 14.0. The molecule has 1 aliphatic rings. The van der Waals surface area contributed by atoms with Crippen LogP contribution in [0.25, 0.3) is 0 Å². The van der Waals surface area contributed by atoms with Crippen molar-refractivity contribution in [3.8, 4) is 0 Å². The lowest BCUT2D eigenvalue weighted by Gasteiger charge is -2.21. The Bertz CT molecular complexity index is 476. The zero-order chi connectivity index (χ0) is 14.0. The van der Waals surface area contributed by atoms with Gasteiger partial charge in [0, 0.05) is 24.7 Å². The molecule has 1 saturated heterocycles. The van der Waals surface area contributed by atoms with Gasteiger partial charge >= 0.3 is 6.18 Å². The summed E-state index contributed by atoms with van der Waals surface area (Å²) in [5.74, 6) is -2.09. The normalized spacial score (nSPS) is 17.5. The van der Waals surface area contributed by atoms with Crippen molar-refractivity contribution in [1.29, 1.82) is 0 Å². The van der Waals surface area contributed by atoms with Crippen LogP contribution in [0.4, 0.5) is 17.6 Å². The van der Waals surface area contributed by atoms with E-state index >= 15 is 0 Å². The van der Waals surface area contributed by atoms with Crippen molar-refractivity contribution in [2.45, 2.75) is 19.0 Å². The fourth-order valence-corrected chi connectivity index (χ4v) is 2.09. The minimum atomic E-state index is -4.80. The molecule has 0 aliphatic carbocycles. The molecular weight excluding hydrogens is 264 g/mol. The van der Waals surface area contributed by atoms with Crippen LogP contribution in [0.1, 0.15) is 28.8 Å². The highest BCUT2D eigenvalue weighted by atomic mass is 19.4. The van der Waals surface area contributed by atoms with Crippen molar-refractivity contribution in [3.05, 3.63) is 35.1 Å². The molecule has 0 spiro atoms. The molecule has 19 heavy (non-hydrogen) atoms. The van der Waals surface area contributed by atoms with E-state index in [0.717, 1.165) is 6.07 Å². The van der Waals surface area contributed by atoms with Crippen LogP contribution in [0.5, 0.6) is 0 Å². The largest absolute Gasteiger partial charge is 0.419 e. The number of carbonyl (C=O) groups excluding carboxylic acids is 1. The van der Waals surface area contributed by atoms with E-state index in [4.69, 9.17) is 4.74 Å². The van der Waals surface area contributed by atoms with Gasteiger partial charge < -0.3 is 4.74 Å². The van der Waals surface area contributed by atoms with E-state index < -0.39 is 17.6 Å². The lowest BCUT2D eigenvalue weighted by atomic mass is 9.90. The van der Waals surface area contributed by atoms with E-state index in [-0.39, 0.29) is 17.3 Å². The third-order valence-corrected chi connectivity index (χ3v) is 3.15. The van der Waals surface area contributed by atoms with Crippen molar-refractivity contribution in [1.82, 2.24) is 0 Å². The molecule has 0 N–H and O–H groups in total. The van der Waals surface area contributed by atoms with Gasteiger partial charge in [-0.2, -0.15) is 13.2 Å². The van der Waals surface area contributed by atoms with Crippen LogP contribution in [0, 0.1) is 11.7 Å². The molecule has 6 heteroatoms. The number of hydrogen-bond donors (Lipinski definition) is 0. The van der Waals surface area contributed by atoms with E-state index in [2.05, 4.69) is 0 Å². The molecule has 0 radical (unpaired) electrons. The minimum absolute atomic E-state index is 0.0966. The standard InChI is InChI=1S/C13H12F4O2/c14-11-2-1-9(7-10(11)13(15,16)17)12(18)8-3-5-19-6-4-8/h1-2,7-8H,3-6H2. The van der Waals surface area contributed by atoms with Gasteiger partial charge in [0.15, 0.2) is 5.78 Å². The second-order valence-electron chi connectivity index (χ2n) is 4.44. The van der Waals surface area contributed by atoms with Gasteiger partial charge in [-0.15, -0.1) is 0 Å². The van der Waals surface area contributed by atoms with Crippen molar-refractivity contribution in [2.24, 2.45) is 5.92 Å². The smallest absolute Gasteiger partial charge is 0.381 e. The third-order valence-electron chi connectivity index (χ3n) is 3.15. The van der Waals surface area contributed by atoms with E-state index in [0.29, 0.717) is 38.2 Å². The van der Waals surface area contributed by atoms with Gasteiger partial charge in [0.2, 0.25) is 0 Å². The topological polar surface area (TPSA) is 26.3 Å². The van der Waals surface area contributed by atoms with Gasteiger partial charge in [-0.3, -0.25) is 4.79 Å². The minimum Gasteiger partial charge on any atom is -0.381 e. The summed E-state index contributed by atoms with van der Waals surface area (Å²) in [6, 6.07) is 2.38. The number of carbonyl (C=O) groups is 1. The summed E-state index contributed by atoms with van der Waals surface area (Å²) < 4.78 is 55.9. The summed E-state index contributed by atoms with van der Waals surface area (Å²) in [4.78, 5) is 12.0. The van der Waals surface area contributed by atoms with Crippen LogP contribution >= 0.6 is 0 Å². The van der Waals surface area contributed by atoms with E-state index in [1.807, 2.05) is 0 Å². The van der Waals surface area contributed by atoms with Crippen molar-refractivity contribution >= 4 is 5.78 Å². The Morgan fingerprint density at radius 2 is 1.84 bits per heavy atom. The number of ether oxygens (including phenoxy) is 1. The van der Waals surface area contributed by atoms with Crippen molar-refractivity contribution < 1.29 is 27.1 Å². The molecule has 0 aromatic heterocycles. The Morgan fingerprint density at radius 1 is 1.21 bits per heavy atom. The summed E-state index contributed by atoms with van der Waals surface area (Å²) >= 11 is 0. The fourth-order valence-electron chi connectivity index (χ4n) is 2.09. The van der Waals surface area contributed by atoms with E-state index in [9.17, 15) is 22.4 Å². The SMILES string of the molecule is O=C(c1ccc(F)c(C(F)(F)F)c1)C1CCOCC1. The summed E-state index contributed by atoms with van der Waals surface area (Å²) in [6.45, 7) is 0.841. The average Bonchev–Trinajstić information content (AvgIpc) is 2.38. The van der Waals surface area contributed by atoms with Crippen LogP contribution in [0.2, 0.25) is 0 Å². The quantitative estimate of drug-likeness (QED) is 0.611. The molecule has 0 bridgehead atoms. The number of halogens is 4. The Labute approximate surface area is 107 Å². The van der Waals surface area contributed by atoms with Crippen LogP contribution in [-0.2, 0) is 10.9 Å². The molecule has 1 aliphatic heterocycles. The first-order chi connectivity index (χ1) is 8.89. The maximum Gasteiger partial charge on any atom is 0.419 e. The molecule has 2 nitrogen and oxygen atoms in total. The summed E-state index contributed by atoms with van der Waals surface area (Å²) in [7, 11) is 0. The van der Waals surface area contributed by atoms with E-state index in [1.54, 1.807) is 0 Å². The lowest BCUT2D eigenvalue weighted by molar-refractivity contribution is -0.140. The fraction of sp³-hybridized carbons (Fsp3) is 0.462. The molecule has 0 atom stereocenters. The summed E-state index contributed by atoms with van der Waals surface area (Å²) in [5, 5.41) is 0. The van der Waals surface area contributed by atoms with Crippen LogP contribution in [-0.4, -0.2) is 19.0 Å². The molecular formula is C13H12F4O2. The average molecular weight is 276 g/mol. The number of hydrogen-bond acceptors (Lipinski definition) is 2. The number of Topliss-reactive ketones (excluding diaryl/α,β-unsaturated/α-hetero) is 1. The Morgan fingerprint density at radius 3 is 2.42 bits per heavy atom. The maximum atomic E-state index is 13.1. The van der Waals surface area contributed by atoms with Gasteiger partial charge in [-0.1, -0.05) is 0 Å². The Kier molecular flexibility index (Phi) is 3.89. The third kappa shape index (κ3) is 3.12. The highest BCUT2D eigenvalue weighted by Gasteiger charge is 2.35. The number of rotatable bonds is 2. The van der Waals surface area contributed by atoms with Gasteiger partial charge in [-0.25, -0.2) is 4.39 Å². The molecule has 0 saturated carbocycles. The molecule has 1 fully saturated rings. The first-order valence-corrected chi connectivity index (χ1v) is 5.88. The zero-order valence-electron chi connectivity index (χ0n) is 9.97. The zero-order valence-corrected chi connectivity index (χ0v) is 9.97. The van der Waals surface area contributed by atoms with Crippen molar-refractivity contribution in [2.75, 3.05) is 13.2 Å². The molecule has 2 rings (SSSR count). The molecule has 1 heterocycles. The second kappa shape index (κ2) is 5.28. The van der Waals surface area contributed by atoms with E-state index in [1.165, 1.54) is 0 Å². The van der Waals surface area contributed by atoms with Crippen molar-refractivity contribution in [3.63, 3.8) is 0 Å². The highest BCUT2D eigenvalue weighted by Crippen LogP contribution is 2.32. The summed E-state index contributed by atoms with van der Waals surface area (Å²) in [5.41, 5.74) is -1.49. The Balaban J connectivity index is 2.27. The number of ketones is 1. The summed E-state index contributed by atoms with van der Waals surface area (Å²) in [6.07, 6.45) is -3.83. The molecule has 104 valence electrons. The predicted octanol–water partition coefficient (Wildman–Crippen LogP) is 3.45. The monoisotopic (exact) mass is 276 g/mol. The van der Waals surface area contributed by atoms with Crippen LogP contribution in [0.15, 0.2) is 18.2 Å².